The lowest BCUT2D eigenvalue weighted by molar-refractivity contribution is 0.827. The Morgan fingerprint density at radius 1 is 1.62 bits per heavy atom. The summed E-state index contributed by atoms with van der Waals surface area (Å²) in [6.45, 7) is 11.4. The number of rotatable bonds is 2. The first-order valence-electron chi connectivity index (χ1n) is 4.42. The van der Waals surface area contributed by atoms with E-state index >= 15 is 0 Å². The topological polar surface area (TPSA) is 30.2 Å². The Morgan fingerprint density at radius 3 is 2.62 bits per heavy atom. The van der Waals surface area contributed by atoms with Crippen LogP contribution < -0.4 is 0 Å². The van der Waals surface area contributed by atoms with Gasteiger partial charge in [0.25, 0.3) is 0 Å². The quantitative estimate of drug-likeness (QED) is 0.642. The zero-order chi connectivity index (χ0) is 10.3. The van der Waals surface area contributed by atoms with Crippen molar-refractivity contribution in [3.8, 4) is 0 Å². The van der Waals surface area contributed by atoms with E-state index in [1.807, 2.05) is 33.9 Å². The van der Waals surface area contributed by atoms with E-state index in [9.17, 15) is 0 Å². The van der Waals surface area contributed by atoms with Gasteiger partial charge in [-0.3, -0.25) is 0 Å². The van der Waals surface area contributed by atoms with Gasteiger partial charge in [0.2, 0.25) is 0 Å². The van der Waals surface area contributed by atoms with Crippen LogP contribution in [-0.2, 0) is 0 Å². The number of hydrogen-bond donors (Lipinski definition) is 0. The maximum absolute atomic E-state index is 4.19. The molecule has 0 spiro atoms. The van der Waals surface area contributed by atoms with Gasteiger partial charge >= 0.3 is 0 Å². The Morgan fingerprint density at radius 2 is 2.23 bits per heavy atom. The van der Waals surface area contributed by atoms with Crippen molar-refractivity contribution in [2.75, 3.05) is 0 Å². The fourth-order valence-corrected chi connectivity index (χ4v) is 0.688. The minimum Gasteiger partial charge on any atom is -0.240 e. The third-order valence-corrected chi connectivity index (χ3v) is 1.36. The summed E-state index contributed by atoms with van der Waals surface area (Å²) in [6, 6.07) is 0. The van der Waals surface area contributed by atoms with Crippen LogP contribution in [0.1, 0.15) is 26.6 Å². The van der Waals surface area contributed by atoms with E-state index in [0.717, 1.165) is 11.5 Å². The predicted octanol–water partition coefficient (Wildman–Crippen LogP) is 2.63. The molecule has 72 valence electrons. The molecule has 0 saturated carbocycles. The summed E-state index contributed by atoms with van der Waals surface area (Å²) in [5, 5.41) is 4.19. The van der Waals surface area contributed by atoms with E-state index in [1.165, 1.54) is 0 Å². The van der Waals surface area contributed by atoms with E-state index in [-0.39, 0.29) is 0 Å². The smallest absolute Gasteiger partial charge is 0.126 e. The van der Waals surface area contributed by atoms with Crippen LogP contribution in [0.5, 0.6) is 0 Å². The molecule has 0 radical (unpaired) electrons. The first-order valence-corrected chi connectivity index (χ1v) is 4.42. The predicted molar refractivity (Wildman–Crippen MR) is 57.0 cm³/mol. The van der Waals surface area contributed by atoms with Crippen molar-refractivity contribution in [2.45, 2.75) is 27.7 Å². The summed E-state index contributed by atoms with van der Waals surface area (Å²) in [5.41, 5.74) is 0.881. The van der Waals surface area contributed by atoms with Crippen LogP contribution in [0, 0.1) is 6.92 Å². The number of aryl methyl sites for hydroxylation is 1. The molecule has 1 aromatic rings. The third kappa shape index (κ3) is 3.69. The molecular weight excluding hydrogens is 162 g/mol. The van der Waals surface area contributed by atoms with E-state index < -0.39 is 0 Å². The molecule has 1 rings (SSSR count). The van der Waals surface area contributed by atoms with Crippen LogP contribution in [0.2, 0.25) is 0 Å². The summed E-state index contributed by atoms with van der Waals surface area (Å²) in [5.74, 6) is 0.881. The number of allylic oxidation sites excluding steroid dienone is 1. The first kappa shape index (κ1) is 11.6. The van der Waals surface area contributed by atoms with Gasteiger partial charge in [-0.15, -0.1) is 0 Å². The number of imidazole rings is 1. The molecule has 0 aliphatic carbocycles. The van der Waals surface area contributed by atoms with Gasteiger partial charge in [0, 0.05) is 12.4 Å². The Labute approximate surface area is 79.8 Å². The highest BCUT2D eigenvalue weighted by molar-refractivity contribution is 5.92. The summed E-state index contributed by atoms with van der Waals surface area (Å²) in [6.07, 6.45) is 5.23. The Kier molecular flexibility index (Phi) is 5.52. The van der Waals surface area contributed by atoms with E-state index in [0.29, 0.717) is 0 Å². The van der Waals surface area contributed by atoms with Gasteiger partial charge in [-0.2, -0.15) is 5.10 Å². The monoisotopic (exact) mass is 179 g/mol. The van der Waals surface area contributed by atoms with Gasteiger partial charge < -0.3 is 0 Å². The lowest BCUT2D eigenvalue weighted by atomic mass is 10.4. The molecule has 0 N–H and O–H groups in total. The lowest BCUT2D eigenvalue weighted by Crippen LogP contribution is -1.94. The standard InChI is InChI=1S/C8H11N3.C2H6/c1-4-7(2)10-11-6-5-9-8(11)3;1-2/h4-6H,1H2,2-3H3;1-2H3/b10-7-;. The van der Waals surface area contributed by atoms with Gasteiger partial charge in [0.05, 0.1) is 5.71 Å². The van der Waals surface area contributed by atoms with Gasteiger partial charge in [-0.05, 0) is 19.9 Å². The van der Waals surface area contributed by atoms with Crippen molar-refractivity contribution in [3.63, 3.8) is 0 Å². The maximum Gasteiger partial charge on any atom is 0.126 e. The molecule has 1 aromatic heterocycles. The second-order valence-electron chi connectivity index (χ2n) is 2.26. The summed E-state index contributed by atoms with van der Waals surface area (Å²) < 4.78 is 1.72. The van der Waals surface area contributed by atoms with Crippen molar-refractivity contribution >= 4 is 5.71 Å². The minimum absolute atomic E-state index is 0.881. The normalized spacial score (nSPS) is 10.3. The first-order chi connectivity index (χ1) is 6.24. The van der Waals surface area contributed by atoms with Crippen molar-refractivity contribution < 1.29 is 0 Å². The molecule has 0 unspecified atom stereocenters. The summed E-state index contributed by atoms with van der Waals surface area (Å²) in [7, 11) is 0. The highest BCUT2D eigenvalue weighted by atomic mass is 15.4. The van der Waals surface area contributed by atoms with Crippen LogP contribution in [0.15, 0.2) is 30.2 Å². The van der Waals surface area contributed by atoms with Crippen molar-refractivity contribution in [2.24, 2.45) is 5.10 Å². The van der Waals surface area contributed by atoms with E-state index in [2.05, 4.69) is 16.7 Å². The highest BCUT2D eigenvalue weighted by Crippen LogP contribution is 1.94. The zero-order valence-electron chi connectivity index (χ0n) is 8.78. The Hall–Kier alpha value is -1.38. The SMILES string of the molecule is C=C/C(C)=N\n1ccnc1C.CC. The van der Waals surface area contributed by atoms with Gasteiger partial charge in [0.15, 0.2) is 0 Å². The highest BCUT2D eigenvalue weighted by Gasteiger charge is 1.91. The molecule has 0 amide bonds. The van der Waals surface area contributed by atoms with Gasteiger partial charge in [-0.1, -0.05) is 20.4 Å². The number of aromatic nitrogens is 2. The Balaban J connectivity index is 0.000000671. The molecule has 0 aromatic carbocycles. The van der Waals surface area contributed by atoms with Crippen LogP contribution in [0.4, 0.5) is 0 Å². The molecule has 0 fully saturated rings. The maximum atomic E-state index is 4.19. The number of nitrogens with zero attached hydrogens (tertiary/aromatic N) is 3. The lowest BCUT2D eigenvalue weighted by Gasteiger charge is -1.95. The van der Waals surface area contributed by atoms with Crippen molar-refractivity contribution in [1.82, 2.24) is 9.66 Å². The third-order valence-electron chi connectivity index (χ3n) is 1.36. The molecule has 0 saturated heterocycles. The largest absolute Gasteiger partial charge is 0.240 e. The molecule has 3 heteroatoms. The second-order valence-corrected chi connectivity index (χ2v) is 2.26. The van der Waals surface area contributed by atoms with Crippen LogP contribution >= 0.6 is 0 Å². The Bertz CT molecular complexity index is 284. The molecule has 0 bridgehead atoms. The van der Waals surface area contributed by atoms with E-state index in [1.54, 1.807) is 16.9 Å². The molecule has 13 heavy (non-hydrogen) atoms. The fraction of sp³-hybridized carbons (Fsp3) is 0.400. The van der Waals surface area contributed by atoms with Crippen LogP contribution in [0.25, 0.3) is 0 Å². The van der Waals surface area contributed by atoms with Crippen molar-refractivity contribution in [1.29, 1.82) is 0 Å². The summed E-state index contributed by atoms with van der Waals surface area (Å²) >= 11 is 0. The average Bonchev–Trinajstić information content (AvgIpc) is 2.55. The van der Waals surface area contributed by atoms with Gasteiger partial charge in [-0.25, -0.2) is 9.66 Å². The van der Waals surface area contributed by atoms with Crippen molar-refractivity contribution in [3.05, 3.63) is 30.9 Å². The van der Waals surface area contributed by atoms with Crippen LogP contribution in [0.3, 0.4) is 0 Å². The molecule has 1 heterocycles. The number of hydrogen-bond acceptors (Lipinski definition) is 2. The average molecular weight is 179 g/mol. The minimum atomic E-state index is 0.881. The molecule has 3 nitrogen and oxygen atoms in total. The van der Waals surface area contributed by atoms with E-state index in [4.69, 9.17) is 0 Å². The fourth-order valence-electron chi connectivity index (χ4n) is 0.688. The van der Waals surface area contributed by atoms with Gasteiger partial charge in [0.1, 0.15) is 5.82 Å². The summed E-state index contributed by atoms with van der Waals surface area (Å²) in [4.78, 5) is 4.03. The van der Waals surface area contributed by atoms with Crippen LogP contribution in [-0.4, -0.2) is 15.4 Å². The molecule has 0 aliphatic rings. The second kappa shape index (κ2) is 6.17. The molecular formula is C10H17N3. The molecule has 0 aliphatic heterocycles. The molecule has 0 atom stereocenters. The zero-order valence-corrected chi connectivity index (χ0v) is 8.78.